The molecule has 0 spiro atoms. The Labute approximate surface area is 123 Å². The number of nitrogens with one attached hydrogen (secondary N) is 1. The van der Waals surface area contributed by atoms with Gasteiger partial charge in [-0.3, -0.25) is 0 Å². The molecule has 112 valence electrons. The molecule has 2 nitrogen and oxygen atoms in total. The highest BCUT2D eigenvalue weighted by molar-refractivity contribution is 5.31. The van der Waals surface area contributed by atoms with E-state index in [0.717, 1.165) is 30.1 Å². The summed E-state index contributed by atoms with van der Waals surface area (Å²) in [6.45, 7) is 7.56. The molecule has 0 saturated heterocycles. The Bertz CT molecular complexity index is 418. The summed E-state index contributed by atoms with van der Waals surface area (Å²) in [7, 11) is 2.08. The Morgan fingerprint density at radius 2 is 2.05 bits per heavy atom. The number of ether oxygens (including phenoxy) is 1. The normalized spacial score (nSPS) is 28.1. The Morgan fingerprint density at radius 3 is 2.70 bits per heavy atom. The quantitative estimate of drug-likeness (QED) is 0.859. The van der Waals surface area contributed by atoms with E-state index < -0.39 is 0 Å². The predicted molar refractivity (Wildman–Crippen MR) is 85.1 cm³/mol. The Kier molecular flexibility index (Phi) is 5.47. The van der Waals surface area contributed by atoms with Gasteiger partial charge in [0.25, 0.3) is 0 Å². The average molecular weight is 275 g/mol. The minimum absolute atomic E-state index is 0.449. The summed E-state index contributed by atoms with van der Waals surface area (Å²) in [6.07, 6.45) is 4.01. The van der Waals surface area contributed by atoms with Crippen molar-refractivity contribution in [2.75, 3.05) is 13.7 Å². The first-order valence-corrected chi connectivity index (χ1v) is 8.05. The fourth-order valence-corrected chi connectivity index (χ4v) is 3.53. The van der Waals surface area contributed by atoms with E-state index in [1.54, 1.807) is 0 Å². The summed E-state index contributed by atoms with van der Waals surface area (Å²) in [5.41, 5.74) is 1.37. The minimum atomic E-state index is 0.449. The van der Waals surface area contributed by atoms with Gasteiger partial charge in [0.2, 0.25) is 0 Å². The SMILES string of the molecule is CCOc1cccc(C(NC)C2CCC(C)C(C)C2)c1. The largest absolute Gasteiger partial charge is 0.494 e. The van der Waals surface area contributed by atoms with E-state index in [9.17, 15) is 0 Å². The van der Waals surface area contributed by atoms with E-state index in [-0.39, 0.29) is 0 Å². The molecule has 2 heteroatoms. The minimum Gasteiger partial charge on any atom is -0.494 e. The number of hydrogen-bond donors (Lipinski definition) is 1. The van der Waals surface area contributed by atoms with Crippen LogP contribution < -0.4 is 10.1 Å². The van der Waals surface area contributed by atoms with Crippen molar-refractivity contribution in [3.8, 4) is 5.75 Å². The zero-order valence-electron chi connectivity index (χ0n) is 13.4. The van der Waals surface area contributed by atoms with Gasteiger partial charge in [0.05, 0.1) is 6.61 Å². The average Bonchev–Trinajstić information content (AvgIpc) is 2.44. The van der Waals surface area contributed by atoms with Crippen LogP contribution in [0.4, 0.5) is 0 Å². The molecule has 0 aliphatic heterocycles. The van der Waals surface area contributed by atoms with Gasteiger partial charge in [0.1, 0.15) is 5.75 Å². The van der Waals surface area contributed by atoms with Crippen molar-refractivity contribution in [3.05, 3.63) is 29.8 Å². The molecule has 0 aromatic heterocycles. The standard InChI is InChI=1S/C18H29NO/c1-5-20-17-8-6-7-15(12-17)18(19-4)16-10-9-13(2)14(3)11-16/h6-8,12-14,16,18-19H,5,9-11H2,1-4H3. The zero-order valence-corrected chi connectivity index (χ0v) is 13.4. The second kappa shape index (κ2) is 7.12. The van der Waals surface area contributed by atoms with Gasteiger partial charge in [0.15, 0.2) is 0 Å². The van der Waals surface area contributed by atoms with Crippen LogP contribution in [-0.4, -0.2) is 13.7 Å². The fraction of sp³-hybridized carbons (Fsp3) is 0.667. The van der Waals surface area contributed by atoms with E-state index >= 15 is 0 Å². The van der Waals surface area contributed by atoms with Crippen molar-refractivity contribution < 1.29 is 4.74 Å². The summed E-state index contributed by atoms with van der Waals surface area (Å²) in [6, 6.07) is 9.04. The molecule has 1 fully saturated rings. The first-order chi connectivity index (χ1) is 9.65. The Balaban J connectivity index is 2.13. The van der Waals surface area contributed by atoms with Crippen molar-refractivity contribution in [1.29, 1.82) is 0 Å². The van der Waals surface area contributed by atoms with Gasteiger partial charge >= 0.3 is 0 Å². The van der Waals surface area contributed by atoms with Crippen molar-refractivity contribution >= 4 is 0 Å². The van der Waals surface area contributed by atoms with Crippen LogP contribution in [0.25, 0.3) is 0 Å². The summed E-state index contributed by atoms with van der Waals surface area (Å²) in [5.74, 6) is 3.43. The van der Waals surface area contributed by atoms with Crippen LogP contribution in [0, 0.1) is 17.8 Å². The first-order valence-electron chi connectivity index (χ1n) is 8.05. The monoisotopic (exact) mass is 275 g/mol. The summed E-state index contributed by atoms with van der Waals surface area (Å²) < 4.78 is 5.64. The first kappa shape index (κ1) is 15.4. The molecule has 20 heavy (non-hydrogen) atoms. The van der Waals surface area contributed by atoms with E-state index in [0.29, 0.717) is 6.04 Å². The topological polar surface area (TPSA) is 21.3 Å². The van der Waals surface area contributed by atoms with Gasteiger partial charge < -0.3 is 10.1 Å². The van der Waals surface area contributed by atoms with E-state index in [4.69, 9.17) is 4.74 Å². The van der Waals surface area contributed by atoms with Crippen LogP contribution in [0.3, 0.4) is 0 Å². The molecule has 1 aliphatic rings. The maximum atomic E-state index is 5.64. The summed E-state index contributed by atoms with van der Waals surface area (Å²) >= 11 is 0. The van der Waals surface area contributed by atoms with E-state index in [1.807, 2.05) is 13.0 Å². The van der Waals surface area contributed by atoms with Crippen LogP contribution in [0.5, 0.6) is 5.75 Å². The van der Waals surface area contributed by atoms with Gasteiger partial charge in [-0.25, -0.2) is 0 Å². The van der Waals surface area contributed by atoms with Crippen LogP contribution >= 0.6 is 0 Å². The van der Waals surface area contributed by atoms with Crippen LogP contribution in [0.1, 0.15) is 51.6 Å². The third kappa shape index (κ3) is 3.54. The Morgan fingerprint density at radius 1 is 1.25 bits per heavy atom. The molecule has 1 saturated carbocycles. The number of hydrogen-bond acceptors (Lipinski definition) is 2. The van der Waals surface area contributed by atoms with Gasteiger partial charge in [-0.15, -0.1) is 0 Å². The van der Waals surface area contributed by atoms with Crippen LogP contribution in [0.2, 0.25) is 0 Å². The third-order valence-corrected chi connectivity index (χ3v) is 4.95. The molecule has 1 aromatic carbocycles. The summed E-state index contributed by atoms with van der Waals surface area (Å²) in [4.78, 5) is 0. The fourth-order valence-electron chi connectivity index (χ4n) is 3.53. The van der Waals surface area contributed by atoms with Crippen molar-refractivity contribution in [3.63, 3.8) is 0 Å². The lowest BCUT2D eigenvalue weighted by molar-refractivity contribution is 0.174. The molecule has 0 radical (unpaired) electrons. The van der Waals surface area contributed by atoms with E-state index in [2.05, 4.69) is 44.4 Å². The molecule has 0 amide bonds. The van der Waals surface area contributed by atoms with Gasteiger partial charge in [-0.1, -0.05) is 32.4 Å². The molecule has 4 atom stereocenters. The van der Waals surface area contributed by atoms with Crippen molar-refractivity contribution in [2.45, 2.75) is 46.1 Å². The van der Waals surface area contributed by atoms with E-state index in [1.165, 1.54) is 24.8 Å². The molecule has 1 N–H and O–H groups in total. The van der Waals surface area contributed by atoms with Crippen LogP contribution in [0.15, 0.2) is 24.3 Å². The molecule has 1 aliphatic carbocycles. The maximum absolute atomic E-state index is 5.64. The highest BCUT2D eigenvalue weighted by Gasteiger charge is 2.30. The molecule has 0 heterocycles. The molecular weight excluding hydrogens is 246 g/mol. The highest BCUT2D eigenvalue weighted by Crippen LogP contribution is 2.40. The second-order valence-corrected chi connectivity index (χ2v) is 6.30. The lowest BCUT2D eigenvalue weighted by Crippen LogP contribution is -2.31. The third-order valence-electron chi connectivity index (χ3n) is 4.95. The smallest absolute Gasteiger partial charge is 0.119 e. The number of benzene rings is 1. The second-order valence-electron chi connectivity index (χ2n) is 6.30. The number of rotatable bonds is 5. The molecular formula is C18H29NO. The van der Waals surface area contributed by atoms with Crippen LogP contribution in [-0.2, 0) is 0 Å². The molecule has 4 unspecified atom stereocenters. The van der Waals surface area contributed by atoms with Gasteiger partial charge in [-0.05, 0) is 62.3 Å². The van der Waals surface area contributed by atoms with Gasteiger partial charge in [-0.2, -0.15) is 0 Å². The summed E-state index contributed by atoms with van der Waals surface area (Å²) in [5, 5.41) is 3.54. The predicted octanol–water partition coefficient (Wildman–Crippen LogP) is 4.42. The molecule has 1 aromatic rings. The molecule has 0 bridgehead atoms. The van der Waals surface area contributed by atoms with Gasteiger partial charge in [0, 0.05) is 6.04 Å². The lowest BCUT2D eigenvalue weighted by Gasteiger charge is -2.37. The van der Waals surface area contributed by atoms with Crippen molar-refractivity contribution in [2.24, 2.45) is 17.8 Å². The Hall–Kier alpha value is -1.02. The molecule has 2 rings (SSSR count). The maximum Gasteiger partial charge on any atom is 0.119 e. The lowest BCUT2D eigenvalue weighted by atomic mass is 9.72. The zero-order chi connectivity index (χ0) is 14.5. The highest BCUT2D eigenvalue weighted by atomic mass is 16.5. The van der Waals surface area contributed by atoms with Crippen molar-refractivity contribution in [1.82, 2.24) is 5.32 Å².